The molecule has 0 saturated carbocycles. The Bertz CT molecular complexity index is 458. The zero-order valence-electron chi connectivity index (χ0n) is 12.5. The van der Waals surface area contributed by atoms with Gasteiger partial charge in [0.2, 0.25) is 0 Å². The van der Waals surface area contributed by atoms with Gasteiger partial charge in [0.25, 0.3) is 0 Å². The lowest BCUT2D eigenvalue weighted by Crippen LogP contribution is -2.45. The number of rotatable bonds is 6. The summed E-state index contributed by atoms with van der Waals surface area (Å²) in [6, 6.07) is 7.63. The van der Waals surface area contributed by atoms with E-state index >= 15 is 0 Å². The summed E-state index contributed by atoms with van der Waals surface area (Å²) in [5, 5.41) is 9.28. The van der Waals surface area contributed by atoms with E-state index in [1.54, 1.807) is 0 Å². The van der Waals surface area contributed by atoms with Crippen LogP contribution in [0.15, 0.2) is 24.3 Å². The molecule has 20 heavy (non-hydrogen) atoms. The van der Waals surface area contributed by atoms with Gasteiger partial charge in [-0.2, -0.15) is 0 Å². The van der Waals surface area contributed by atoms with Crippen LogP contribution in [-0.4, -0.2) is 48.9 Å². The highest BCUT2D eigenvalue weighted by molar-refractivity contribution is 5.38. The van der Waals surface area contributed by atoms with E-state index in [4.69, 9.17) is 10.5 Å². The van der Waals surface area contributed by atoms with E-state index in [-0.39, 0.29) is 12.1 Å². The number of hydrogen-bond donors (Lipinski definition) is 2. The molecule has 0 amide bonds. The second-order valence-corrected chi connectivity index (χ2v) is 5.27. The quantitative estimate of drug-likeness (QED) is 0.763. The van der Waals surface area contributed by atoms with Crippen molar-refractivity contribution in [1.29, 1.82) is 0 Å². The van der Waals surface area contributed by atoms with Gasteiger partial charge in [-0.25, -0.2) is 0 Å². The van der Waals surface area contributed by atoms with Crippen molar-refractivity contribution < 1.29 is 9.84 Å². The van der Waals surface area contributed by atoms with Crippen LogP contribution in [0.25, 0.3) is 0 Å². The van der Waals surface area contributed by atoms with E-state index in [1.807, 2.05) is 45.2 Å². The maximum absolute atomic E-state index is 9.28. The second kappa shape index (κ2) is 7.91. The molecule has 0 aliphatic carbocycles. The van der Waals surface area contributed by atoms with Crippen LogP contribution in [0, 0.1) is 11.8 Å². The average Bonchev–Trinajstić information content (AvgIpc) is 2.46. The summed E-state index contributed by atoms with van der Waals surface area (Å²) >= 11 is 0. The molecule has 0 bridgehead atoms. The van der Waals surface area contributed by atoms with Gasteiger partial charge in [0.15, 0.2) is 0 Å². The standard InChI is InChI=1S/C16H24N2O2/c1-16(2,13-19)18(3)11-12-20-15-8-6-14(7-9-15)5-4-10-17/h6-9,19H,10-13,17H2,1-3H3. The van der Waals surface area contributed by atoms with Crippen molar-refractivity contribution in [2.75, 3.05) is 33.4 Å². The molecule has 4 nitrogen and oxygen atoms in total. The molecular weight excluding hydrogens is 252 g/mol. The molecule has 0 saturated heterocycles. The molecule has 0 unspecified atom stereocenters. The van der Waals surface area contributed by atoms with Crippen LogP contribution in [-0.2, 0) is 0 Å². The molecule has 0 radical (unpaired) electrons. The zero-order chi connectivity index (χ0) is 15.0. The maximum atomic E-state index is 9.28. The van der Waals surface area contributed by atoms with Gasteiger partial charge in [-0.3, -0.25) is 4.90 Å². The van der Waals surface area contributed by atoms with Crippen molar-refractivity contribution in [3.05, 3.63) is 29.8 Å². The minimum atomic E-state index is -0.231. The normalized spacial score (nSPS) is 11.1. The van der Waals surface area contributed by atoms with E-state index in [2.05, 4.69) is 16.7 Å². The van der Waals surface area contributed by atoms with Crippen molar-refractivity contribution in [3.8, 4) is 17.6 Å². The van der Waals surface area contributed by atoms with Gasteiger partial charge in [-0.1, -0.05) is 11.8 Å². The maximum Gasteiger partial charge on any atom is 0.119 e. The van der Waals surface area contributed by atoms with Crippen LogP contribution in [0.1, 0.15) is 19.4 Å². The SMILES string of the molecule is CN(CCOc1ccc(C#CCN)cc1)C(C)(C)CO. The molecule has 0 atom stereocenters. The Labute approximate surface area is 121 Å². The molecule has 0 aromatic heterocycles. The smallest absolute Gasteiger partial charge is 0.119 e. The van der Waals surface area contributed by atoms with Crippen molar-refractivity contribution in [2.24, 2.45) is 5.73 Å². The molecule has 0 aliphatic heterocycles. The van der Waals surface area contributed by atoms with E-state index < -0.39 is 0 Å². The third kappa shape index (κ3) is 5.22. The lowest BCUT2D eigenvalue weighted by molar-refractivity contribution is 0.0679. The van der Waals surface area contributed by atoms with E-state index in [1.165, 1.54) is 0 Å². The van der Waals surface area contributed by atoms with Crippen LogP contribution in [0.5, 0.6) is 5.75 Å². The third-order valence-corrected chi connectivity index (χ3v) is 3.30. The molecule has 1 aromatic rings. The fourth-order valence-electron chi connectivity index (χ4n) is 1.51. The van der Waals surface area contributed by atoms with Gasteiger partial charge >= 0.3 is 0 Å². The first-order chi connectivity index (χ1) is 9.49. The third-order valence-electron chi connectivity index (χ3n) is 3.30. The van der Waals surface area contributed by atoms with E-state index in [0.29, 0.717) is 13.2 Å². The summed E-state index contributed by atoms with van der Waals surface area (Å²) < 4.78 is 5.68. The first kappa shape index (κ1) is 16.5. The number of aliphatic hydroxyl groups excluding tert-OH is 1. The molecule has 110 valence electrons. The molecule has 0 aliphatic rings. The van der Waals surface area contributed by atoms with Crippen molar-refractivity contribution in [2.45, 2.75) is 19.4 Å². The van der Waals surface area contributed by atoms with Gasteiger partial charge in [-0.05, 0) is 45.2 Å². The molecule has 0 fully saturated rings. The summed E-state index contributed by atoms with van der Waals surface area (Å²) in [6.07, 6.45) is 0. The lowest BCUT2D eigenvalue weighted by atomic mass is 10.1. The van der Waals surface area contributed by atoms with Crippen LogP contribution >= 0.6 is 0 Å². The van der Waals surface area contributed by atoms with E-state index in [9.17, 15) is 5.11 Å². The Balaban J connectivity index is 2.43. The Kier molecular flexibility index (Phi) is 6.53. The number of nitrogens with zero attached hydrogens (tertiary/aromatic N) is 1. The molecular formula is C16H24N2O2. The summed E-state index contributed by atoms with van der Waals surface area (Å²) in [5.74, 6) is 6.60. The number of benzene rings is 1. The van der Waals surface area contributed by atoms with Crippen molar-refractivity contribution >= 4 is 0 Å². The molecule has 0 heterocycles. The van der Waals surface area contributed by atoms with Gasteiger partial charge in [0, 0.05) is 17.6 Å². The van der Waals surface area contributed by atoms with Gasteiger partial charge in [0.1, 0.15) is 12.4 Å². The Morgan fingerprint density at radius 1 is 1.30 bits per heavy atom. The first-order valence-electron chi connectivity index (χ1n) is 6.73. The Morgan fingerprint density at radius 2 is 1.95 bits per heavy atom. The monoisotopic (exact) mass is 276 g/mol. The summed E-state index contributed by atoms with van der Waals surface area (Å²) in [4.78, 5) is 2.08. The van der Waals surface area contributed by atoms with E-state index in [0.717, 1.165) is 17.9 Å². The molecule has 4 heteroatoms. The van der Waals surface area contributed by atoms with Crippen molar-refractivity contribution in [1.82, 2.24) is 4.90 Å². The molecule has 1 aromatic carbocycles. The summed E-state index contributed by atoms with van der Waals surface area (Å²) in [5.41, 5.74) is 6.03. The van der Waals surface area contributed by atoms with Gasteiger partial charge < -0.3 is 15.6 Å². The molecule has 1 rings (SSSR count). The highest BCUT2D eigenvalue weighted by Crippen LogP contribution is 2.13. The minimum absolute atomic E-state index is 0.123. The second-order valence-electron chi connectivity index (χ2n) is 5.27. The van der Waals surface area contributed by atoms with Crippen LogP contribution in [0.4, 0.5) is 0 Å². The average molecular weight is 276 g/mol. The lowest BCUT2D eigenvalue weighted by Gasteiger charge is -2.33. The number of aliphatic hydroxyl groups is 1. The zero-order valence-corrected chi connectivity index (χ0v) is 12.5. The highest BCUT2D eigenvalue weighted by Gasteiger charge is 2.21. The number of ether oxygens (including phenoxy) is 1. The fourth-order valence-corrected chi connectivity index (χ4v) is 1.51. The number of hydrogen-bond acceptors (Lipinski definition) is 4. The van der Waals surface area contributed by atoms with Crippen LogP contribution in [0.2, 0.25) is 0 Å². The first-order valence-corrected chi connectivity index (χ1v) is 6.73. The highest BCUT2D eigenvalue weighted by atomic mass is 16.5. The topological polar surface area (TPSA) is 58.7 Å². The predicted octanol–water partition coefficient (Wildman–Crippen LogP) is 1.08. The molecule has 0 spiro atoms. The summed E-state index contributed by atoms with van der Waals surface area (Å²) in [6.45, 7) is 5.81. The fraction of sp³-hybridized carbons (Fsp3) is 0.500. The minimum Gasteiger partial charge on any atom is -0.492 e. The van der Waals surface area contributed by atoms with Gasteiger partial charge in [0.05, 0.1) is 13.2 Å². The Hall–Kier alpha value is -1.54. The largest absolute Gasteiger partial charge is 0.492 e. The number of likely N-dealkylation sites (N-methyl/N-ethyl adjacent to an activating group) is 1. The Morgan fingerprint density at radius 3 is 2.50 bits per heavy atom. The van der Waals surface area contributed by atoms with Crippen LogP contribution in [0.3, 0.4) is 0 Å². The van der Waals surface area contributed by atoms with Crippen LogP contribution < -0.4 is 10.5 Å². The molecule has 3 N–H and O–H groups in total. The summed E-state index contributed by atoms with van der Waals surface area (Å²) in [7, 11) is 1.98. The van der Waals surface area contributed by atoms with Gasteiger partial charge in [-0.15, -0.1) is 0 Å². The predicted molar refractivity (Wildman–Crippen MR) is 81.7 cm³/mol. The van der Waals surface area contributed by atoms with Crippen molar-refractivity contribution in [3.63, 3.8) is 0 Å². The number of nitrogens with two attached hydrogens (primary N) is 1.